The van der Waals surface area contributed by atoms with E-state index in [1.807, 2.05) is 0 Å². The van der Waals surface area contributed by atoms with E-state index >= 15 is 0 Å². The van der Waals surface area contributed by atoms with Crippen LogP contribution < -0.4 is 5.69 Å². The Hall–Kier alpha value is -2.90. The summed E-state index contributed by atoms with van der Waals surface area (Å²) in [4.78, 5) is 36.5. The maximum atomic E-state index is 12.1. The molecule has 1 aliphatic heterocycles. The molecule has 1 atom stereocenters. The van der Waals surface area contributed by atoms with Gasteiger partial charge in [0.2, 0.25) is 0 Å². The molecule has 21 heavy (non-hydrogen) atoms. The molecule has 1 aromatic carbocycles. The summed E-state index contributed by atoms with van der Waals surface area (Å²) >= 11 is 0. The van der Waals surface area contributed by atoms with Crippen molar-refractivity contribution in [3.8, 4) is 0 Å². The van der Waals surface area contributed by atoms with E-state index in [9.17, 15) is 19.7 Å². The van der Waals surface area contributed by atoms with Crippen LogP contribution in [0, 0.1) is 10.1 Å². The number of benzene rings is 1. The molecule has 0 fully saturated rings. The van der Waals surface area contributed by atoms with Crippen LogP contribution in [0.15, 0.2) is 29.1 Å². The molecule has 8 heteroatoms. The quantitative estimate of drug-likeness (QED) is 0.511. The predicted octanol–water partition coefficient (Wildman–Crippen LogP) is 1.41. The molecule has 0 radical (unpaired) electrons. The number of cyclic esters (lactones) is 1. The van der Waals surface area contributed by atoms with Crippen molar-refractivity contribution in [1.82, 2.24) is 9.55 Å². The molecule has 1 aliphatic rings. The van der Waals surface area contributed by atoms with Crippen LogP contribution in [0.2, 0.25) is 0 Å². The zero-order chi connectivity index (χ0) is 15.1. The highest BCUT2D eigenvalue weighted by atomic mass is 16.6. The molecule has 1 unspecified atom stereocenters. The normalized spacial score (nSPS) is 18.4. The fourth-order valence-electron chi connectivity index (χ4n) is 2.41. The Labute approximate surface area is 117 Å². The number of carbonyl (C=O) groups is 1. The van der Waals surface area contributed by atoms with E-state index in [0.717, 1.165) is 0 Å². The van der Waals surface area contributed by atoms with Gasteiger partial charge in [0.25, 0.3) is 5.69 Å². The molecule has 2 aromatic rings. The van der Waals surface area contributed by atoms with Crippen molar-refractivity contribution in [1.29, 1.82) is 0 Å². The first-order valence-corrected chi connectivity index (χ1v) is 6.26. The van der Waals surface area contributed by atoms with Crippen molar-refractivity contribution in [3.05, 3.63) is 44.9 Å². The highest BCUT2D eigenvalue weighted by Crippen LogP contribution is 2.25. The monoisotopic (exact) mass is 289 g/mol. The Morgan fingerprint density at radius 1 is 1.43 bits per heavy atom. The van der Waals surface area contributed by atoms with Crippen LogP contribution in [0.4, 0.5) is 5.69 Å². The minimum atomic E-state index is -0.534. The minimum absolute atomic E-state index is 0.123. The molecule has 1 aromatic heterocycles. The summed E-state index contributed by atoms with van der Waals surface area (Å²) in [5.41, 5.74) is 0.719. The van der Waals surface area contributed by atoms with E-state index < -0.39 is 16.6 Å². The SMILES string of the molecule is CC1CC(n2c(=O)[nH]c3ccc([N+](=O)[O-])cc32)=CC(=O)O1. The molecular formula is C13H11N3O5. The van der Waals surface area contributed by atoms with Crippen molar-refractivity contribution in [2.24, 2.45) is 0 Å². The number of nitrogens with zero attached hydrogens (tertiary/aromatic N) is 2. The predicted molar refractivity (Wildman–Crippen MR) is 73.7 cm³/mol. The molecule has 1 N–H and O–H groups in total. The van der Waals surface area contributed by atoms with Gasteiger partial charge in [-0.25, -0.2) is 9.59 Å². The topological polar surface area (TPSA) is 107 Å². The summed E-state index contributed by atoms with van der Waals surface area (Å²) in [7, 11) is 0. The summed E-state index contributed by atoms with van der Waals surface area (Å²) in [5, 5.41) is 10.9. The van der Waals surface area contributed by atoms with Crippen LogP contribution in [0.1, 0.15) is 13.3 Å². The smallest absolute Gasteiger partial charge is 0.332 e. The largest absolute Gasteiger partial charge is 0.459 e. The first-order chi connectivity index (χ1) is 9.95. The number of imidazole rings is 1. The molecule has 0 saturated carbocycles. The van der Waals surface area contributed by atoms with E-state index in [1.165, 1.54) is 28.8 Å². The fourth-order valence-corrected chi connectivity index (χ4v) is 2.41. The molecule has 8 nitrogen and oxygen atoms in total. The van der Waals surface area contributed by atoms with Gasteiger partial charge in [-0.1, -0.05) is 0 Å². The maximum absolute atomic E-state index is 12.1. The number of nitro groups is 1. The van der Waals surface area contributed by atoms with E-state index in [1.54, 1.807) is 6.92 Å². The van der Waals surface area contributed by atoms with E-state index in [4.69, 9.17) is 4.74 Å². The molecule has 0 amide bonds. The summed E-state index contributed by atoms with van der Waals surface area (Å²) in [6.07, 6.45) is 1.24. The Morgan fingerprint density at radius 3 is 2.86 bits per heavy atom. The van der Waals surface area contributed by atoms with Crippen molar-refractivity contribution in [3.63, 3.8) is 0 Å². The van der Waals surface area contributed by atoms with Gasteiger partial charge in [-0.05, 0) is 13.0 Å². The Balaban J connectivity index is 2.24. The van der Waals surface area contributed by atoms with Gasteiger partial charge in [0.1, 0.15) is 6.10 Å². The number of nitrogens with one attached hydrogen (secondary N) is 1. The highest BCUT2D eigenvalue weighted by Gasteiger charge is 2.22. The maximum Gasteiger partial charge on any atom is 0.332 e. The van der Waals surface area contributed by atoms with Crippen molar-refractivity contribution in [2.45, 2.75) is 19.4 Å². The third-order valence-electron chi connectivity index (χ3n) is 3.26. The lowest BCUT2D eigenvalue weighted by molar-refractivity contribution is -0.384. The molecule has 0 saturated heterocycles. The second kappa shape index (κ2) is 4.58. The third kappa shape index (κ3) is 2.20. The third-order valence-corrected chi connectivity index (χ3v) is 3.26. The summed E-state index contributed by atoms with van der Waals surface area (Å²) in [5.74, 6) is -0.532. The number of rotatable bonds is 2. The number of fused-ring (bicyclic) bond motifs is 1. The van der Waals surface area contributed by atoms with Gasteiger partial charge in [0, 0.05) is 30.3 Å². The molecule has 3 rings (SSSR count). The lowest BCUT2D eigenvalue weighted by Gasteiger charge is -2.20. The summed E-state index contributed by atoms with van der Waals surface area (Å²) in [6, 6.07) is 4.09. The van der Waals surface area contributed by atoms with Crippen molar-refractivity contribution >= 4 is 28.4 Å². The zero-order valence-corrected chi connectivity index (χ0v) is 11.0. The van der Waals surface area contributed by atoms with Crippen LogP contribution >= 0.6 is 0 Å². The number of H-pyrrole nitrogens is 1. The standard InChI is InChI=1S/C13H11N3O5/c1-7-4-9(6-12(17)21-7)15-11-5-8(16(19)20)2-3-10(11)14-13(15)18/h2-3,5-7H,4H2,1H3,(H,14,18). The van der Waals surface area contributed by atoms with Crippen LogP contribution in [0.3, 0.4) is 0 Å². The van der Waals surface area contributed by atoms with Crippen LogP contribution in [-0.2, 0) is 9.53 Å². The molecule has 0 spiro atoms. The number of carbonyl (C=O) groups excluding carboxylic acids is 1. The Morgan fingerprint density at radius 2 is 2.19 bits per heavy atom. The van der Waals surface area contributed by atoms with E-state index in [2.05, 4.69) is 4.98 Å². The number of ether oxygens (including phenoxy) is 1. The second-order valence-electron chi connectivity index (χ2n) is 4.81. The lowest BCUT2D eigenvalue weighted by atomic mass is 10.1. The Bertz CT molecular complexity index is 845. The molecule has 0 bridgehead atoms. The van der Waals surface area contributed by atoms with E-state index in [-0.39, 0.29) is 11.8 Å². The fraction of sp³-hybridized carbons (Fsp3) is 0.231. The number of non-ortho nitro benzene ring substituents is 1. The van der Waals surface area contributed by atoms with Crippen molar-refractivity contribution < 1.29 is 14.5 Å². The van der Waals surface area contributed by atoms with Gasteiger partial charge < -0.3 is 9.72 Å². The Kier molecular flexibility index (Phi) is 2.86. The number of hydrogen-bond donors (Lipinski definition) is 1. The van der Waals surface area contributed by atoms with Gasteiger partial charge in [0.15, 0.2) is 0 Å². The molecule has 0 aliphatic carbocycles. The first-order valence-electron chi connectivity index (χ1n) is 6.26. The van der Waals surface area contributed by atoms with Gasteiger partial charge in [-0.3, -0.25) is 14.7 Å². The average molecular weight is 289 g/mol. The zero-order valence-electron chi connectivity index (χ0n) is 11.0. The number of aromatic amines is 1. The van der Waals surface area contributed by atoms with Gasteiger partial charge in [-0.15, -0.1) is 0 Å². The summed E-state index contributed by atoms with van der Waals surface area (Å²) in [6.45, 7) is 1.72. The molecule has 2 heterocycles. The lowest BCUT2D eigenvalue weighted by Crippen LogP contribution is -2.25. The minimum Gasteiger partial charge on any atom is -0.459 e. The van der Waals surface area contributed by atoms with Gasteiger partial charge >= 0.3 is 11.7 Å². The van der Waals surface area contributed by atoms with Crippen LogP contribution in [-0.4, -0.2) is 26.5 Å². The van der Waals surface area contributed by atoms with Crippen molar-refractivity contribution in [2.75, 3.05) is 0 Å². The number of hydrogen-bond acceptors (Lipinski definition) is 5. The van der Waals surface area contributed by atoms with Gasteiger partial charge in [-0.2, -0.15) is 0 Å². The molecule has 108 valence electrons. The average Bonchev–Trinajstić information content (AvgIpc) is 2.72. The van der Waals surface area contributed by atoms with Crippen LogP contribution in [0.25, 0.3) is 16.7 Å². The van der Waals surface area contributed by atoms with E-state index in [0.29, 0.717) is 23.2 Å². The first kappa shape index (κ1) is 13.1. The van der Waals surface area contributed by atoms with Gasteiger partial charge in [0.05, 0.1) is 16.0 Å². The number of nitro benzene ring substituents is 1. The summed E-state index contributed by atoms with van der Waals surface area (Å²) < 4.78 is 6.26. The number of esters is 1. The number of aromatic nitrogens is 2. The second-order valence-corrected chi connectivity index (χ2v) is 4.81. The molecular weight excluding hydrogens is 278 g/mol. The highest BCUT2D eigenvalue weighted by molar-refractivity contribution is 5.91. The van der Waals surface area contributed by atoms with Crippen LogP contribution in [0.5, 0.6) is 0 Å².